The van der Waals surface area contributed by atoms with Gasteiger partial charge >= 0.3 is 0 Å². The molecule has 0 radical (unpaired) electrons. The van der Waals surface area contributed by atoms with E-state index in [1.807, 2.05) is 0 Å². The zero-order valence-corrected chi connectivity index (χ0v) is 13.1. The summed E-state index contributed by atoms with van der Waals surface area (Å²) in [6.45, 7) is 8.97. The summed E-state index contributed by atoms with van der Waals surface area (Å²) in [7, 11) is 0. The molecule has 1 aromatic carbocycles. The van der Waals surface area contributed by atoms with Gasteiger partial charge in [-0.3, -0.25) is 9.80 Å². The number of hydrogen-bond donors (Lipinski definition) is 1. The highest BCUT2D eigenvalue weighted by atomic mass is 16.5. The van der Waals surface area contributed by atoms with Crippen LogP contribution >= 0.6 is 0 Å². The lowest BCUT2D eigenvalue weighted by atomic mass is 10.2. The molecule has 0 amide bonds. The minimum atomic E-state index is 0.112. The van der Waals surface area contributed by atoms with Crippen LogP contribution in [0.5, 0.6) is 0 Å². The van der Waals surface area contributed by atoms with Crippen molar-refractivity contribution in [2.24, 2.45) is 0 Å². The van der Waals surface area contributed by atoms with Crippen molar-refractivity contribution in [2.45, 2.75) is 25.9 Å². The predicted molar refractivity (Wildman–Crippen MR) is 85.3 cm³/mol. The van der Waals surface area contributed by atoms with E-state index in [1.54, 1.807) is 0 Å². The maximum Gasteiger partial charge on any atom is 0.0698 e. The zero-order chi connectivity index (χ0) is 14.9. The molecule has 1 unspecified atom stereocenters. The third kappa shape index (κ3) is 5.75. The van der Waals surface area contributed by atoms with Crippen molar-refractivity contribution >= 4 is 0 Å². The van der Waals surface area contributed by atoms with Gasteiger partial charge in [0.2, 0.25) is 0 Å². The van der Waals surface area contributed by atoms with Gasteiger partial charge in [0.1, 0.15) is 0 Å². The maximum atomic E-state index is 8.73. The molecule has 2 rings (SSSR count). The van der Waals surface area contributed by atoms with Crippen LogP contribution in [0.3, 0.4) is 0 Å². The number of aliphatic hydroxyl groups is 1. The van der Waals surface area contributed by atoms with Crippen LogP contribution in [-0.4, -0.2) is 66.9 Å². The Bertz CT molecular complexity index is 386. The molecule has 4 nitrogen and oxygen atoms in total. The second-order valence-electron chi connectivity index (χ2n) is 5.80. The van der Waals surface area contributed by atoms with Crippen molar-refractivity contribution in [3.8, 4) is 0 Å². The normalized spacial score (nSPS) is 21.3. The Morgan fingerprint density at radius 3 is 2.76 bits per heavy atom. The molecule has 21 heavy (non-hydrogen) atoms. The third-order valence-electron chi connectivity index (χ3n) is 4.07. The van der Waals surface area contributed by atoms with Crippen LogP contribution in [0.2, 0.25) is 0 Å². The quantitative estimate of drug-likeness (QED) is 0.774. The molecule has 1 saturated heterocycles. The van der Waals surface area contributed by atoms with E-state index in [-0.39, 0.29) is 6.61 Å². The van der Waals surface area contributed by atoms with Crippen molar-refractivity contribution in [1.29, 1.82) is 0 Å². The first-order valence-electron chi connectivity index (χ1n) is 7.98. The van der Waals surface area contributed by atoms with Crippen LogP contribution in [0.15, 0.2) is 30.3 Å². The predicted octanol–water partition coefficient (Wildman–Crippen LogP) is 1.59. The van der Waals surface area contributed by atoms with Crippen molar-refractivity contribution in [2.75, 3.05) is 46.0 Å². The highest BCUT2D eigenvalue weighted by molar-refractivity contribution is 5.14. The van der Waals surface area contributed by atoms with E-state index in [4.69, 9.17) is 9.84 Å². The molecule has 1 fully saturated rings. The average Bonchev–Trinajstić information content (AvgIpc) is 2.66. The molecule has 1 heterocycles. The van der Waals surface area contributed by atoms with Gasteiger partial charge in [-0.2, -0.15) is 0 Å². The van der Waals surface area contributed by atoms with E-state index in [0.717, 1.165) is 32.7 Å². The Morgan fingerprint density at radius 2 is 2.00 bits per heavy atom. The lowest BCUT2D eigenvalue weighted by Gasteiger charge is -2.28. The molecule has 118 valence electrons. The molecule has 4 heteroatoms. The van der Waals surface area contributed by atoms with Crippen LogP contribution < -0.4 is 0 Å². The minimum Gasteiger partial charge on any atom is -0.394 e. The first-order chi connectivity index (χ1) is 10.3. The fourth-order valence-corrected chi connectivity index (χ4v) is 2.96. The second kappa shape index (κ2) is 9.15. The molecule has 0 saturated carbocycles. The Labute approximate surface area is 128 Å². The summed E-state index contributed by atoms with van der Waals surface area (Å²) < 4.78 is 5.39. The number of aliphatic hydroxyl groups excluding tert-OH is 1. The molecule has 1 atom stereocenters. The first kappa shape index (κ1) is 16.4. The maximum absolute atomic E-state index is 8.73. The number of hydrogen-bond acceptors (Lipinski definition) is 4. The highest BCUT2D eigenvalue weighted by Gasteiger charge is 2.21. The minimum absolute atomic E-state index is 0.112. The Hall–Kier alpha value is -0.940. The van der Waals surface area contributed by atoms with E-state index in [1.165, 1.54) is 12.0 Å². The van der Waals surface area contributed by atoms with Crippen molar-refractivity contribution in [3.63, 3.8) is 0 Å². The number of ether oxygens (including phenoxy) is 1. The zero-order valence-electron chi connectivity index (χ0n) is 13.1. The number of nitrogens with zero attached hydrogens (tertiary/aromatic N) is 2. The summed E-state index contributed by atoms with van der Waals surface area (Å²) in [5.74, 6) is 0. The van der Waals surface area contributed by atoms with E-state index in [0.29, 0.717) is 19.3 Å². The summed E-state index contributed by atoms with van der Waals surface area (Å²) in [4.78, 5) is 5.05. The highest BCUT2D eigenvalue weighted by Crippen LogP contribution is 2.13. The standard InChI is InChI=1S/C17H28N2O2/c1-16-14-18(15-17-6-3-2-4-7-17)8-5-9-19(16)10-12-21-13-11-20/h2-4,6-7,16,20H,5,8-15H2,1H3. The van der Waals surface area contributed by atoms with Gasteiger partial charge in [-0.05, 0) is 32.0 Å². The van der Waals surface area contributed by atoms with Crippen LogP contribution in [0, 0.1) is 0 Å². The van der Waals surface area contributed by atoms with Gasteiger partial charge in [-0.15, -0.1) is 0 Å². The van der Waals surface area contributed by atoms with Crippen LogP contribution in [0.4, 0.5) is 0 Å². The van der Waals surface area contributed by atoms with Crippen LogP contribution in [0.1, 0.15) is 18.9 Å². The fourth-order valence-electron chi connectivity index (χ4n) is 2.96. The Morgan fingerprint density at radius 1 is 1.19 bits per heavy atom. The largest absolute Gasteiger partial charge is 0.394 e. The molecule has 1 aliphatic rings. The second-order valence-corrected chi connectivity index (χ2v) is 5.80. The summed E-state index contributed by atoms with van der Waals surface area (Å²) >= 11 is 0. The van der Waals surface area contributed by atoms with E-state index in [9.17, 15) is 0 Å². The summed E-state index contributed by atoms with van der Waals surface area (Å²) in [6.07, 6.45) is 1.21. The molecule has 1 aromatic rings. The van der Waals surface area contributed by atoms with Gasteiger partial charge in [-0.25, -0.2) is 0 Å². The number of rotatable bonds is 7. The van der Waals surface area contributed by atoms with Gasteiger partial charge < -0.3 is 9.84 Å². The molecule has 0 bridgehead atoms. The van der Waals surface area contributed by atoms with E-state index >= 15 is 0 Å². The smallest absolute Gasteiger partial charge is 0.0698 e. The average molecular weight is 292 g/mol. The van der Waals surface area contributed by atoms with Gasteiger partial charge in [0, 0.05) is 25.7 Å². The molecular formula is C17H28N2O2. The topological polar surface area (TPSA) is 35.9 Å². The van der Waals surface area contributed by atoms with Gasteiger partial charge in [0.25, 0.3) is 0 Å². The molecular weight excluding hydrogens is 264 g/mol. The Balaban J connectivity index is 1.78. The van der Waals surface area contributed by atoms with Crippen LogP contribution in [-0.2, 0) is 11.3 Å². The monoisotopic (exact) mass is 292 g/mol. The third-order valence-corrected chi connectivity index (χ3v) is 4.07. The van der Waals surface area contributed by atoms with Crippen molar-refractivity contribution < 1.29 is 9.84 Å². The summed E-state index contributed by atoms with van der Waals surface area (Å²) in [5, 5.41) is 8.73. The van der Waals surface area contributed by atoms with Gasteiger partial charge in [0.05, 0.1) is 19.8 Å². The molecule has 1 aliphatic heterocycles. The van der Waals surface area contributed by atoms with Gasteiger partial charge in [-0.1, -0.05) is 30.3 Å². The first-order valence-corrected chi connectivity index (χ1v) is 7.98. The molecule has 1 N–H and O–H groups in total. The van der Waals surface area contributed by atoms with Crippen LogP contribution in [0.25, 0.3) is 0 Å². The summed E-state index contributed by atoms with van der Waals surface area (Å²) in [6, 6.07) is 11.3. The van der Waals surface area contributed by atoms with E-state index in [2.05, 4.69) is 47.1 Å². The lowest BCUT2D eigenvalue weighted by molar-refractivity contribution is 0.0649. The Kier molecular flexibility index (Phi) is 7.16. The SMILES string of the molecule is CC1CN(Cc2ccccc2)CCCN1CCOCCO. The molecule has 0 aliphatic carbocycles. The van der Waals surface area contributed by atoms with Crippen molar-refractivity contribution in [3.05, 3.63) is 35.9 Å². The van der Waals surface area contributed by atoms with Crippen molar-refractivity contribution in [1.82, 2.24) is 9.80 Å². The molecule has 0 spiro atoms. The lowest BCUT2D eigenvalue weighted by Crippen LogP contribution is -2.40. The fraction of sp³-hybridized carbons (Fsp3) is 0.647. The molecule has 0 aromatic heterocycles. The van der Waals surface area contributed by atoms with Gasteiger partial charge in [0.15, 0.2) is 0 Å². The number of benzene rings is 1. The van der Waals surface area contributed by atoms with E-state index < -0.39 is 0 Å². The summed E-state index contributed by atoms with van der Waals surface area (Å²) in [5.41, 5.74) is 1.39.